The Bertz CT molecular complexity index is 44.8. The van der Waals surface area contributed by atoms with E-state index in [1.807, 2.05) is 0 Å². The van der Waals surface area contributed by atoms with E-state index in [1.54, 1.807) is 0 Å². The number of nitrogens with zero attached hydrogens (tertiary/aromatic N) is 1. The third kappa shape index (κ3) is 3.82. The van der Waals surface area contributed by atoms with Crippen LogP contribution in [0.4, 0.5) is 0 Å². The van der Waals surface area contributed by atoms with Crippen LogP contribution in [0.5, 0.6) is 0 Å². The molecule has 0 unspecified atom stereocenters. The largest absolute Gasteiger partial charge is 0.267 e. The number of hydrogen-bond acceptors (Lipinski definition) is 2. The van der Waals surface area contributed by atoms with Crippen LogP contribution in [0.15, 0.2) is 0 Å². The maximum absolute atomic E-state index is 4.92. The molecule has 1 rings (SSSR count). The van der Waals surface area contributed by atoms with Crippen LogP contribution in [0.3, 0.4) is 0 Å². The van der Waals surface area contributed by atoms with Gasteiger partial charge >= 0.3 is 0 Å². The first-order chi connectivity index (χ1) is 5.00. The van der Waals surface area contributed by atoms with Crippen LogP contribution in [-0.4, -0.2) is 13.2 Å². The maximum atomic E-state index is 4.92. The average Bonchev–Trinajstić information content (AvgIpc) is 2.01. The van der Waals surface area contributed by atoms with Gasteiger partial charge in [-0.3, -0.25) is 4.84 Å². The second kappa shape index (κ2) is 5.65. The first kappa shape index (κ1) is 7.98. The van der Waals surface area contributed by atoms with Gasteiger partial charge in [-0.25, -0.2) is 5.43 Å². The quantitative estimate of drug-likeness (QED) is 0.549. The minimum Gasteiger partial charge on any atom is -0.267 e. The maximum Gasteiger partial charge on any atom is 0.0718 e. The molecule has 1 saturated heterocycles. The molecule has 3 nitrogen and oxygen atoms in total. The van der Waals surface area contributed by atoms with E-state index in [0.29, 0.717) is 0 Å². The molecule has 0 saturated carbocycles. The molecule has 1 aliphatic rings. The van der Waals surface area contributed by atoms with Crippen molar-refractivity contribution in [2.24, 2.45) is 0 Å². The Labute approximate surface area is 62.1 Å². The van der Waals surface area contributed by atoms with Crippen molar-refractivity contribution in [2.45, 2.75) is 32.1 Å². The van der Waals surface area contributed by atoms with Crippen LogP contribution >= 0.6 is 0 Å². The third-order valence-electron chi connectivity index (χ3n) is 1.65. The normalized spacial score (nSPS) is 24.0. The predicted molar refractivity (Wildman–Crippen MR) is 39.2 cm³/mol. The second-order valence-corrected chi connectivity index (χ2v) is 2.60. The minimum absolute atomic E-state index is 0.771. The molecule has 0 spiro atoms. The molecule has 0 aliphatic carbocycles. The highest BCUT2D eigenvalue weighted by Crippen LogP contribution is 2.02. The highest BCUT2D eigenvalue weighted by Gasteiger charge is 1.95. The fraction of sp³-hybridized carbons (Fsp3) is 1.00. The topological polar surface area (TPSA) is 35.4 Å². The summed E-state index contributed by atoms with van der Waals surface area (Å²) >= 11 is 0. The van der Waals surface area contributed by atoms with Crippen molar-refractivity contribution in [3.8, 4) is 0 Å². The molecule has 0 aromatic carbocycles. The molecule has 1 N–H and O–H groups in total. The van der Waals surface area contributed by atoms with E-state index in [9.17, 15) is 0 Å². The van der Waals surface area contributed by atoms with Crippen LogP contribution < -0.4 is 11.0 Å². The zero-order valence-electron chi connectivity index (χ0n) is 6.31. The van der Waals surface area contributed by atoms with E-state index >= 15 is 0 Å². The van der Waals surface area contributed by atoms with Crippen LogP contribution in [0, 0.1) is 0 Å². The Morgan fingerprint density at radius 2 is 1.80 bits per heavy atom. The Morgan fingerprint density at radius 3 is 2.80 bits per heavy atom. The zero-order valence-corrected chi connectivity index (χ0v) is 6.31. The van der Waals surface area contributed by atoms with Crippen molar-refractivity contribution in [3.63, 3.8) is 0 Å². The van der Waals surface area contributed by atoms with Crippen LogP contribution in [-0.2, 0) is 4.84 Å². The van der Waals surface area contributed by atoms with Gasteiger partial charge < -0.3 is 0 Å². The summed E-state index contributed by atoms with van der Waals surface area (Å²) in [4.78, 5) is 4.92. The second-order valence-electron chi connectivity index (χ2n) is 2.60. The van der Waals surface area contributed by atoms with Crippen molar-refractivity contribution in [1.82, 2.24) is 11.0 Å². The van der Waals surface area contributed by atoms with Gasteiger partial charge in [-0.2, -0.15) is 0 Å². The molecule has 1 fully saturated rings. The summed E-state index contributed by atoms with van der Waals surface area (Å²) in [6, 6.07) is 0. The Hall–Kier alpha value is -0.120. The summed E-state index contributed by atoms with van der Waals surface area (Å²) in [6.07, 6.45) is 6.31. The molecule has 3 heteroatoms. The van der Waals surface area contributed by atoms with Crippen molar-refractivity contribution in [3.05, 3.63) is 0 Å². The molecular weight excluding hydrogens is 128 g/mol. The first-order valence-electron chi connectivity index (χ1n) is 4.05. The molecule has 0 bridgehead atoms. The molecule has 0 atom stereocenters. The lowest BCUT2D eigenvalue weighted by molar-refractivity contribution is -0.00186. The fourth-order valence-corrected chi connectivity index (χ4v) is 1.04. The average molecular weight is 143 g/mol. The summed E-state index contributed by atoms with van der Waals surface area (Å²) in [6.45, 7) is 1.73. The van der Waals surface area contributed by atoms with Crippen molar-refractivity contribution in [2.75, 3.05) is 13.2 Å². The monoisotopic (exact) mass is 143 g/mol. The van der Waals surface area contributed by atoms with Crippen molar-refractivity contribution < 1.29 is 4.84 Å². The smallest absolute Gasteiger partial charge is 0.0718 e. The minimum atomic E-state index is 0.771. The fourth-order valence-electron chi connectivity index (χ4n) is 1.04. The molecule has 0 aromatic heterocycles. The molecule has 1 heterocycles. The zero-order chi connectivity index (χ0) is 7.07. The van der Waals surface area contributed by atoms with Gasteiger partial charge in [0.05, 0.1) is 6.61 Å². The van der Waals surface area contributed by atoms with Gasteiger partial charge in [0.15, 0.2) is 0 Å². The summed E-state index contributed by atoms with van der Waals surface area (Å²) < 4.78 is 0. The van der Waals surface area contributed by atoms with Crippen LogP contribution in [0.25, 0.3) is 0 Å². The van der Waals surface area contributed by atoms with E-state index in [4.69, 9.17) is 4.84 Å². The Balaban J connectivity index is 2.00. The molecule has 10 heavy (non-hydrogen) atoms. The Kier molecular flexibility index (Phi) is 4.51. The standard InChI is InChI=1S/C7H15N2O/c1-2-4-6-8-9-10-7-5-3-1/h8H,1-7H2. The number of rotatable bonds is 0. The summed E-state index contributed by atoms with van der Waals surface area (Å²) in [7, 11) is 0. The third-order valence-corrected chi connectivity index (χ3v) is 1.65. The van der Waals surface area contributed by atoms with Crippen LogP contribution in [0.1, 0.15) is 32.1 Å². The van der Waals surface area contributed by atoms with Crippen molar-refractivity contribution in [1.29, 1.82) is 0 Å². The molecule has 1 aliphatic heterocycles. The van der Waals surface area contributed by atoms with Gasteiger partial charge in [0.25, 0.3) is 0 Å². The molecule has 59 valence electrons. The lowest BCUT2D eigenvalue weighted by atomic mass is 10.1. The van der Waals surface area contributed by atoms with Gasteiger partial charge in [-0.05, 0) is 18.4 Å². The highest BCUT2D eigenvalue weighted by atomic mass is 16.7. The molecular formula is C7H15N2O. The number of hydrogen-bond donors (Lipinski definition) is 1. The van der Waals surface area contributed by atoms with Gasteiger partial charge in [-0.1, -0.05) is 19.3 Å². The molecule has 1 radical (unpaired) electrons. The lowest BCUT2D eigenvalue weighted by Crippen LogP contribution is -2.26. The van der Waals surface area contributed by atoms with E-state index < -0.39 is 0 Å². The van der Waals surface area contributed by atoms with Crippen molar-refractivity contribution >= 4 is 0 Å². The molecule has 0 amide bonds. The number of nitrogens with one attached hydrogen (secondary N) is 1. The van der Waals surface area contributed by atoms with E-state index in [0.717, 1.165) is 19.6 Å². The Morgan fingerprint density at radius 1 is 1.00 bits per heavy atom. The summed E-state index contributed by atoms with van der Waals surface area (Å²) in [5.74, 6) is 0. The van der Waals surface area contributed by atoms with Gasteiger partial charge in [-0.15, -0.1) is 0 Å². The first-order valence-corrected chi connectivity index (χ1v) is 4.05. The SMILES string of the molecule is C1CCCN[N]OCCC1. The lowest BCUT2D eigenvalue weighted by Gasteiger charge is -2.07. The summed E-state index contributed by atoms with van der Waals surface area (Å²) in [5, 5.41) is 0. The van der Waals surface area contributed by atoms with Gasteiger partial charge in [0.2, 0.25) is 0 Å². The van der Waals surface area contributed by atoms with E-state index in [-0.39, 0.29) is 0 Å². The summed E-state index contributed by atoms with van der Waals surface area (Å²) in [5.41, 5.74) is 6.54. The van der Waals surface area contributed by atoms with Gasteiger partial charge in [0.1, 0.15) is 0 Å². The van der Waals surface area contributed by atoms with E-state index in [1.165, 1.54) is 25.7 Å². The molecule has 0 aromatic rings. The predicted octanol–water partition coefficient (Wildman–Crippen LogP) is 0.991. The van der Waals surface area contributed by atoms with Gasteiger partial charge in [0, 0.05) is 6.54 Å². The van der Waals surface area contributed by atoms with Crippen LogP contribution in [0.2, 0.25) is 0 Å². The van der Waals surface area contributed by atoms with E-state index in [2.05, 4.69) is 11.0 Å². The highest BCUT2D eigenvalue weighted by molar-refractivity contribution is 4.46.